The molecule has 0 heterocycles. The predicted molar refractivity (Wildman–Crippen MR) is 108 cm³/mol. The first-order chi connectivity index (χ1) is 16.3. The third-order valence-electron chi connectivity index (χ3n) is 4.54. The van der Waals surface area contributed by atoms with Crippen LogP contribution in [0.3, 0.4) is 0 Å². The van der Waals surface area contributed by atoms with Crippen molar-refractivity contribution in [3.05, 3.63) is 65.7 Å². The zero-order chi connectivity index (χ0) is 27.6. The van der Waals surface area contributed by atoms with Crippen LogP contribution in [0, 0.1) is 0 Å². The lowest BCUT2D eigenvalue weighted by molar-refractivity contribution is -0.413. The average molecular weight is 532 g/mol. The summed E-state index contributed by atoms with van der Waals surface area (Å²) in [5.41, 5.74) is -1.38. The Balaban J connectivity index is 2.32. The third-order valence-corrected chi connectivity index (χ3v) is 4.54. The molecule has 0 aliphatic carbocycles. The minimum absolute atomic E-state index is 0.108. The van der Waals surface area contributed by atoms with Crippen LogP contribution in [0.4, 0.5) is 39.5 Å². The smallest absolute Gasteiger partial charge is 0.423 e. The summed E-state index contributed by atoms with van der Waals surface area (Å²) in [5.74, 6) is -20.6. The number of halogens is 9. The number of carbonyl (C=O) groups is 1. The summed E-state index contributed by atoms with van der Waals surface area (Å²) >= 11 is 0. The summed E-state index contributed by atoms with van der Waals surface area (Å²) < 4.78 is 125. The summed E-state index contributed by atoms with van der Waals surface area (Å²) in [6, 6.07) is 11.7. The van der Waals surface area contributed by atoms with Crippen molar-refractivity contribution in [2.75, 3.05) is 0 Å². The molecule has 0 radical (unpaired) electrons. The second kappa shape index (κ2) is 10.3. The molecular weight excluding hydrogens is 511 g/mol. The number of hydrogen-bond donors (Lipinski definition) is 0. The molecule has 0 amide bonds. The van der Waals surface area contributed by atoms with Gasteiger partial charge in [0, 0.05) is 0 Å². The van der Waals surface area contributed by atoms with Crippen LogP contribution in [0.1, 0.15) is 49.2 Å². The second-order valence-electron chi connectivity index (χ2n) is 8.66. The largest absolute Gasteiger partial charge is 0.460 e. The molecule has 0 saturated carbocycles. The van der Waals surface area contributed by atoms with Crippen LogP contribution in [-0.4, -0.2) is 35.5 Å². The van der Waals surface area contributed by atoms with Crippen molar-refractivity contribution < 1.29 is 58.8 Å². The van der Waals surface area contributed by atoms with Gasteiger partial charge in [0.25, 0.3) is 0 Å². The van der Waals surface area contributed by atoms with E-state index in [9.17, 15) is 44.3 Å². The highest BCUT2D eigenvalue weighted by Crippen LogP contribution is 2.55. The van der Waals surface area contributed by atoms with Gasteiger partial charge in [0.2, 0.25) is 0 Å². The van der Waals surface area contributed by atoms with E-state index in [1.165, 1.54) is 32.9 Å². The van der Waals surface area contributed by atoms with Crippen LogP contribution in [0.2, 0.25) is 0 Å². The highest BCUT2D eigenvalue weighted by molar-refractivity contribution is 5.90. The van der Waals surface area contributed by atoms with Crippen molar-refractivity contribution in [2.24, 2.45) is 0 Å². The number of alkyl halides is 9. The Labute approximate surface area is 199 Å². The zero-order valence-electron chi connectivity index (χ0n) is 19.0. The molecule has 13 heteroatoms. The van der Waals surface area contributed by atoms with Crippen LogP contribution >= 0.6 is 0 Å². The number of ether oxygens (including phenoxy) is 1. The van der Waals surface area contributed by atoms with Crippen molar-refractivity contribution >= 4 is 5.97 Å². The van der Waals surface area contributed by atoms with Gasteiger partial charge in [-0.05, 0) is 50.6 Å². The van der Waals surface area contributed by atoms with E-state index in [0.29, 0.717) is 0 Å². The standard InChI is InChI=1S/C23H21F9O4/c1-19(2,3)36-35-17(13-20(24,25)21(26,27)22(28,29)23(30,31)32)14-9-11-16(12-10-14)34-18(33)15-7-5-4-6-8-15/h4-12,17H,13H2,1-3H3. The first-order valence-corrected chi connectivity index (χ1v) is 10.2. The molecule has 0 fully saturated rings. The first-order valence-electron chi connectivity index (χ1n) is 10.2. The maximum Gasteiger partial charge on any atom is 0.460 e. The quantitative estimate of drug-likeness (QED) is 0.110. The molecule has 2 rings (SSSR count). The summed E-state index contributed by atoms with van der Waals surface area (Å²) in [5, 5.41) is 0. The Bertz CT molecular complexity index is 1010. The number of hydrogen-bond acceptors (Lipinski definition) is 4. The van der Waals surface area contributed by atoms with Gasteiger partial charge < -0.3 is 4.74 Å². The molecule has 0 aromatic heterocycles. The van der Waals surface area contributed by atoms with Gasteiger partial charge in [-0.25, -0.2) is 14.6 Å². The van der Waals surface area contributed by atoms with Crippen LogP contribution in [0.5, 0.6) is 5.75 Å². The molecular formula is C23H21F9O4. The summed E-state index contributed by atoms with van der Waals surface area (Å²) in [6.45, 7) is 4.13. The molecule has 2 aromatic carbocycles. The molecule has 0 aliphatic rings. The van der Waals surface area contributed by atoms with Gasteiger partial charge in [-0.2, -0.15) is 39.5 Å². The number of esters is 1. The minimum Gasteiger partial charge on any atom is -0.423 e. The van der Waals surface area contributed by atoms with Crippen LogP contribution in [0.25, 0.3) is 0 Å². The molecule has 1 unspecified atom stereocenters. The molecule has 4 nitrogen and oxygen atoms in total. The third kappa shape index (κ3) is 6.69. The monoisotopic (exact) mass is 532 g/mol. The predicted octanol–water partition coefficient (Wildman–Crippen LogP) is 7.55. The second-order valence-corrected chi connectivity index (χ2v) is 8.66. The van der Waals surface area contributed by atoms with E-state index in [1.807, 2.05) is 0 Å². The van der Waals surface area contributed by atoms with Crippen molar-refractivity contribution in [1.82, 2.24) is 0 Å². The van der Waals surface area contributed by atoms with Crippen molar-refractivity contribution in [1.29, 1.82) is 0 Å². The maximum absolute atomic E-state index is 14.3. The lowest BCUT2D eigenvalue weighted by Crippen LogP contribution is -2.61. The topological polar surface area (TPSA) is 44.8 Å². The van der Waals surface area contributed by atoms with E-state index >= 15 is 0 Å². The summed E-state index contributed by atoms with van der Waals surface area (Å²) in [6.07, 6.45) is -11.5. The molecule has 1 atom stereocenters. The van der Waals surface area contributed by atoms with E-state index in [1.54, 1.807) is 18.2 Å². The SMILES string of the molecule is CC(C)(C)OOC(CC(F)(F)C(F)(F)C(F)(F)C(F)(F)F)c1ccc(OC(=O)c2ccccc2)cc1. The first kappa shape index (κ1) is 29.4. The van der Waals surface area contributed by atoms with Gasteiger partial charge in [0.1, 0.15) is 11.9 Å². The Morgan fingerprint density at radius 1 is 0.778 bits per heavy atom. The average Bonchev–Trinajstić information content (AvgIpc) is 2.76. The molecule has 0 saturated heterocycles. The number of benzene rings is 2. The van der Waals surface area contributed by atoms with Crippen LogP contribution in [0.15, 0.2) is 54.6 Å². The van der Waals surface area contributed by atoms with E-state index in [2.05, 4.69) is 0 Å². The zero-order valence-corrected chi connectivity index (χ0v) is 19.0. The number of rotatable bonds is 9. The molecule has 0 N–H and O–H groups in total. The van der Waals surface area contributed by atoms with Gasteiger partial charge in [-0.3, -0.25) is 0 Å². The Kier molecular flexibility index (Phi) is 8.41. The van der Waals surface area contributed by atoms with E-state index in [4.69, 9.17) is 14.5 Å². The molecule has 2 aromatic rings. The van der Waals surface area contributed by atoms with Gasteiger partial charge >= 0.3 is 29.9 Å². The normalized spacial score (nSPS) is 14.4. The van der Waals surface area contributed by atoms with Crippen LogP contribution in [-0.2, 0) is 9.78 Å². The fourth-order valence-corrected chi connectivity index (χ4v) is 2.67. The number of carbonyl (C=O) groups excluding carboxylic acids is 1. The van der Waals surface area contributed by atoms with Crippen molar-refractivity contribution in [3.8, 4) is 5.75 Å². The maximum atomic E-state index is 14.3. The summed E-state index contributed by atoms with van der Waals surface area (Å²) in [4.78, 5) is 21.7. The minimum atomic E-state index is -7.03. The van der Waals surface area contributed by atoms with E-state index in [-0.39, 0.29) is 16.9 Å². The van der Waals surface area contributed by atoms with Crippen molar-refractivity contribution in [3.63, 3.8) is 0 Å². The lowest BCUT2D eigenvalue weighted by Gasteiger charge is -2.35. The van der Waals surface area contributed by atoms with Crippen LogP contribution < -0.4 is 4.74 Å². The van der Waals surface area contributed by atoms with Gasteiger partial charge in [-0.1, -0.05) is 30.3 Å². The molecule has 0 spiro atoms. The Morgan fingerprint density at radius 3 is 1.78 bits per heavy atom. The highest BCUT2D eigenvalue weighted by Gasteiger charge is 2.81. The lowest BCUT2D eigenvalue weighted by atomic mass is 9.95. The van der Waals surface area contributed by atoms with Gasteiger partial charge in [-0.15, -0.1) is 0 Å². The fraction of sp³-hybridized carbons (Fsp3) is 0.435. The van der Waals surface area contributed by atoms with E-state index < -0.39 is 48.0 Å². The van der Waals surface area contributed by atoms with Crippen molar-refractivity contribution in [2.45, 2.75) is 62.8 Å². The molecule has 200 valence electrons. The van der Waals surface area contributed by atoms with Gasteiger partial charge in [0.15, 0.2) is 0 Å². The fourth-order valence-electron chi connectivity index (χ4n) is 2.67. The Morgan fingerprint density at radius 2 is 1.31 bits per heavy atom. The van der Waals surface area contributed by atoms with E-state index in [0.717, 1.165) is 24.3 Å². The molecule has 36 heavy (non-hydrogen) atoms. The Hall–Kier alpha value is -2.80. The molecule has 0 aliphatic heterocycles. The summed E-state index contributed by atoms with van der Waals surface area (Å²) in [7, 11) is 0. The molecule has 0 bridgehead atoms. The van der Waals surface area contributed by atoms with Gasteiger partial charge in [0.05, 0.1) is 17.6 Å². The highest BCUT2D eigenvalue weighted by atomic mass is 19.4.